The van der Waals surface area contributed by atoms with Crippen molar-refractivity contribution in [2.45, 2.75) is 37.3 Å². The number of rotatable bonds is 11. The molecule has 0 aliphatic rings. The number of aryl methyl sites for hydroxylation is 2. The first kappa shape index (κ1) is 32.1. The van der Waals surface area contributed by atoms with Crippen molar-refractivity contribution in [2.75, 3.05) is 29.6 Å². The molecule has 1 unspecified atom stereocenters. The van der Waals surface area contributed by atoms with E-state index in [0.29, 0.717) is 11.3 Å². The van der Waals surface area contributed by atoms with Gasteiger partial charge in [0.1, 0.15) is 5.70 Å². The smallest absolute Gasteiger partial charge is 0.272 e. The Balaban J connectivity index is 1.45. The first-order valence-electron chi connectivity index (χ1n) is 14.5. The molecule has 0 saturated heterocycles. The molecule has 0 radical (unpaired) electrons. The van der Waals surface area contributed by atoms with Crippen LogP contribution >= 0.6 is 11.8 Å². The maximum absolute atomic E-state index is 13.4. The van der Waals surface area contributed by atoms with Gasteiger partial charge in [-0.3, -0.25) is 14.4 Å². The largest absolute Gasteiger partial charge is 0.378 e. The Kier molecular flexibility index (Phi) is 11.0. The number of carbonyl (C=O) groups excluding carboxylic acids is 3. The minimum atomic E-state index is -0.455. The van der Waals surface area contributed by atoms with Gasteiger partial charge in [0.2, 0.25) is 5.91 Å². The Hall–Kier alpha value is -4.82. The third kappa shape index (κ3) is 8.61. The van der Waals surface area contributed by atoms with Gasteiger partial charge in [0, 0.05) is 41.6 Å². The van der Waals surface area contributed by atoms with Gasteiger partial charge in [-0.1, -0.05) is 55.5 Å². The van der Waals surface area contributed by atoms with Crippen molar-refractivity contribution in [1.82, 2.24) is 5.32 Å². The number of amides is 3. The Morgan fingerprint density at radius 2 is 1.52 bits per heavy atom. The van der Waals surface area contributed by atoms with Crippen molar-refractivity contribution < 1.29 is 14.4 Å². The Bertz CT molecular complexity index is 1630. The number of thioether (sulfide) groups is 1. The molecule has 0 aromatic heterocycles. The second-order valence-electron chi connectivity index (χ2n) is 10.6. The lowest BCUT2D eigenvalue weighted by atomic mass is 10.1. The molecular formula is C36H38N4O3S. The summed E-state index contributed by atoms with van der Waals surface area (Å²) in [5, 5.41) is 8.42. The van der Waals surface area contributed by atoms with Crippen LogP contribution in [0.2, 0.25) is 0 Å². The molecule has 4 aromatic rings. The summed E-state index contributed by atoms with van der Waals surface area (Å²) in [7, 11) is 3.91. The number of anilines is 3. The molecule has 0 aliphatic heterocycles. The molecule has 0 heterocycles. The van der Waals surface area contributed by atoms with Gasteiger partial charge in [-0.2, -0.15) is 0 Å². The average molecular weight is 607 g/mol. The molecule has 44 heavy (non-hydrogen) atoms. The van der Waals surface area contributed by atoms with Gasteiger partial charge in [-0.25, -0.2) is 0 Å². The fourth-order valence-corrected chi connectivity index (χ4v) is 5.34. The maximum atomic E-state index is 13.4. The van der Waals surface area contributed by atoms with Crippen LogP contribution in [0.3, 0.4) is 0 Å². The minimum Gasteiger partial charge on any atom is -0.378 e. The number of hydrogen-bond donors (Lipinski definition) is 3. The van der Waals surface area contributed by atoms with Crippen LogP contribution < -0.4 is 20.9 Å². The van der Waals surface area contributed by atoms with Crippen molar-refractivity contribution in [3.8, 4) is 0 Å². The molecule has 0 aliphatic carbocycles. The van der Waals surface area contributed by atoms with E-state index in [1.165, 1.54) is 11.8 Å². The molecule has 226 valence electrons. The van der Waals surface area contributed by atoms with E-state index in [1.807, 2.05) is 93.5 Å². The fourth-order valence-electron chi connectivity index (χ4n) is 4.48. The topological polar surface area (TPSA) is 90.5 Å². The van der Waals surface area contributed by atoms with E-state index in [0.717, 1.165) is 39.4 Å². The molecule has 0 saturated carbocycles. The standard InChI is InChI=1S/C36H38N4O3S/c1-6-27-14-10-11-24(2)33(27)39-34(41)25(3)44-31-21-17-29(18-22-31)37-36(43)32(38-35(42)28-12-8-7-9-13-28)23-26-15-19-30(20-16-26)40(4)5/h7-23,25H,6H2,1-5H3,(H,37,43)(H,38,42)(H,39,41)/b32-23-. The highest BCUT2D eigenvalue weighted by molar-refractivity contribution is 8.00. The molecule has 7 nitrogen and oxygen atoms in total. The Morgan fingerprint density at radius 1 is 0.841 bits per heavy atom. The summed E-state index contributed by atoms with van der Waals surface area (Å²) >= 11 is 1.44. The first-order valence-corrected chi connectivity index (χ1v) is 15.4. The van der Waals surface area contributed by atoms with E-state index in [9.17, 15) is 14.4 Å². The van der Waals surface area contributed by atoms with Crippen LogP contribution in [0.5, 0.6) is 0 Å². The van der Waals surface area contributed by atoms with Crippen molar-refractivity contribution >= 4 is 52.6 Å². The van der Waals surface area contributed by atoms with Crippen LogP contribution in [0.25, 0.3) is 6.08 Å². The third-order valence-electron chi connectivity index (χ3n) is 7.03. The lowest BCUT2D eigenvalue weighted by molar-refractivity contribution is -0.115. The maximum Gasteiger partial charge on any atom is 0.272 e. The van der Waals surface area contributed by atoms with Gasteiger partial charge in [-0.05, 0) is 91.6 Å². The molecule has 3 amide bonds. The average Bonchev–Trinajstić information content (AvgIpc) is 3.03. The van der Waals surface area contributed by atoms with Gasteiger partial charge in [-0.15, -0.1) is 11.8 Å². The van der Waals surface area contributed by atoms with E-state index in [4.69, 9.17) is 0 Å². The zero-order chi connectivity index (χ0) is 31.6. The van der Waals surface area contributed by atoms with E-state index in [1.54, 1.807) is 42.5 Å². The number of nitrogens with zero attached hydrogens (tertiary/aromatic N) is 1. The molecule has 4 rings (SSSR count). The summed E-state index contributed by atoms with van der Waals surface area (Å²) in [6, 6.07) is 29.7. The monoisotopic (exact) mass is 606 g/mol. The van der Waals surface area contributed by atoms with Gasteiger partial charge in [0.05, 0.1) is 5.25 Å². The van der Waals surface area contributed by atoms with E-state index >= 15 is 0 Å². The highest BCUT2D eigenvalue weighted by atomic mass is 32.2. The highest BCUT2D eigenvalue weighted by Crippen LogP contribution is 2.28. The normalized spacial score (nSPS) is 11.8. The quantitative estimate of drug-likeness (QED) is 0.125. The van der Waals surface area contributed by atoms with Gasteiger partial charge in [0.25, 0.3) is 11.8 Å². The van der Waals surface area contributed by atoms with Crippen LogP contribution in [-0.2, 0) is 16.0 Å². The van der Waals surface area contributed by atoms with Crippen LogP contribution in [0.4, 0.5) is 17.1 Å². The molecule has 0 bridgehead atoms. The van der Waals surface area contributed by atoms with Crippen molar-refractivity contribution in [3.63, 3.8) is 0 Å². The number of para-hydroxylation sites is 1. The molecular weight excluding hydrogens is 568 g/mol. The summed E-state index contributed by atoms with van der Waals surface area (Å²) in [4.78, 5) is 42.2. The van der Waals surface area contributed by atoms with E-state index in [-0.39, 0.29) is 22.8 Å². The number of benzene rings is 4. The minimum absolute atomic E-state index is 0.0704. The zero-order valence-electron chi connectivity index (χ0n) is 25.7. The summed E-state index contributed by atoms with van der Waals surface area (Å²) in [5.41, 5.74) is 5.93. The second-order valence-corrected chi connectivity index (χ2v) is 12.0. The summed E-state index contributed by atoms with van der Waals surface area (Å²) in [5.74, 6) is -0.907. The number of carbonyl (C=O) groups is 3. The Labute approximate surface area is 263 Å². The summed E-state index contributed by atoms with van der Waals surface area (Å²) in [6.45, 7) is 5.94. The Morgan fingerprint density at radius 3 is 2.16 bits per heavy atom. The molecule has 0 fully saturated rings. The van der Waals surface area contributed by atoms with Crippen molar-refractivity contribution in [1.29, 1.82) is 0 Å². The lowest BCUT2D eigenvalue weighted by Crippen LogP contribution is -2.30. The highest BCUT2D eigenvalue weighted by Gasteiger charge is 2.18. The molecule has 3 N–H and O–H groups in total. The summed E-state index contributed by atoms with van der Waals surface area (Å²) < 4.78 is 0. The van der Waals surface area contributed by atoms with Crippen LogP contribution in [-0.4, -0.2) is 37.1 Å². The second kappa shape index (κ2) is 15.1. The third-order valence-corrected chi connectivity index (χ3v) is 8.14. The van der Waals surface area contributed by atoms with Crippen molar-refractivity contribution in [3.05, 3.63) is 125 Å². The first-order chi connectivity index (χ1) is 21.1. The van der Waals surface area contributed by atoms with Crippen LogP contribution in [0.1, 0.15) is 40.9 Å². The van der Waals surface area contributed by atoms with E-state index in [2.05, 4.69) is 22.9 Å². The molecule has 1 atom stereocenters. The lowest BCUT2D eigenvalue weighted by Gasteiger charge is -2.16. The molecule has 8 heteroatoms. The molecule has 0 spiro atoms. The summed E-state index contributed by atoms with van der Waals surface area (Å²) in [6.07, 6.45) is 2.49. The van der Waals surface area contributed by atoms with Crippen LogP contribution in [0, 0.1) is 6.92 Å². The van der Waals surface area contributed by atoms with Crippen LogP contribution in [0.15, 0.2) is 108 Å². The molecule has 4 aromatic carbocycles. The number of nitrogens with one attached hydrogen (secondary N) is 3. The fraction of sp³-hybridized carbons (Fsp3) is 0.194. The van der Waals surface area contributed by atoms with Crippen molar-refractivity contribution in [2.24, 2.45) is 0 Å². The van der Waals surface area contributed by atoms with Gasteiger partial charge >= 0.3 is 0 Å². The van der Waals surface area contributed by atoms with Gasteiger partial charge < -0.3 is 20.9 Å². The zero-order valence-corrected chi connectivity index (χ0v) is 26.5. The predicted molar refractivity (Wildman–Crippen MR) is 182 cm³/mol. The van der Waals surface area contributed by atoms with Gasteiger partial charge in [0.15, 0.2) is 0 Å². The van der Waals surface area contributed by atoms with E-state index < -0.39 is 5.91 Å². The number of hydrogen-bond acceptors (Lipinski definition) is 5. The SMILES string of the molecule is CCc1cccc(C)c1NC(=O)C(C)Sc1ccc(NC(=O)/C(=C/c2ccc(N(C)C)cc2)NC(=O)c2ccccc2)cc1. The predicted octanol–water partition coefficient (Wildman–Crippen LogP) is 7.15.